The minimum absolute atomic E-state index is 0.0768. The molecule has 1 aromatic heterocycles. The van der Waals surface area contributed by atoms with Gasteiger partial charge in [0.25, 0.3) is 5.56 Å². The lowest BCUT2D eigenvalue weighted by Crippen LogP contribution is -2.40. The van der Waals surface area contributed by atoms with E-state index in [4.69, 9.17) is 25.8 Å². The minimum Gasteiger partial charge on any atom is -0.496 e. The smallest absolute Gasteiger partial charge is 0.387 e. The third kappa shape index (κ3) is 5.84. The minimum atomic E-state index is -3.02. The van der Waals surface area contributed by atoms with Crippen LogP contribution in [0.3, 0.4) is 0 Å². The highest BCUT2D eigenvalue weighted by Gasteiger charge is 2.35. The van der Waals surface area contributed by atoms with Crippen LogP contribution >= 0.6 is 22.9 Å². The van der Waals surface area contributed by atoms with Gasteiger partial charge in [0.1, 0.15) is 11.8 Å². The number of rotatable bonds is 8. The summed E-state index contributed by atoms with van der Waals surface area (Å²) in [5, 5.41) is 0.386. The summed E-state index contributed by atoms with van der Waals surface area (Å²) in [4.78, 5) is 32.0. The van der Waals surface area contributed by atoms with E-state index in [2.05, 4.69) is 9.73 Å². The van der Waals surface area contributed by atoms with E-state index in [1.54, 1.807) is 45.0 Å². The lowest BCUT2D eigenvalue weighted by molar-refractivity contribution is -0.143. The van der Waals surface area contributed by atoms with E-state index in [1.165, 1.54) is 37.0 Å². The SMILES string of the molecule is COc1cc(/C=c2\sc3n(c2=O)[C@H](c2cc(Cl)ccc2OC)C(C(=O)OC(C)C)=C(C)N=3)ccc1OC(F)F. The molecule has 0 spiro atoms. The molecule has 0 unspecified atom stereocenters. The fourth-order valence-corrected chi connectivity index (χ4v) is 5.42. The fourth-order valence-electron chi connectivity index (χ4n) is 4.19. The zero-order chi connectivity index (χ0) is 28.4. The Kier molecular flexibility index (Phi) is 8.41. The number of esters is 1. The number of fused-ring (bicyclic) bond motifs is 1. The quantitative estimate of drug-likeness (QED) is 0.367. The molecule has 2 heterocycles. The summed E-state index contributed by atoms with van der Waals surface area (Å²) in [5.41, 5.74) is 1.12. The topological polar surface area (TPSA) is 88.4 Å². The first-order valence-electron chi connectivity index (χ1n) is 11.7. The Hall–Kier alpha value is -3.70. The number of aromatic nitrogens is 1. The summed E-state index contributed by atoms with van der Waals surface area (Å²) in [6, 6.07) is 8.33. The second-order valence-corrected chi connectivity index (χ2v) is 10.2. The highest BCUT2D eigenvalue weighted by atomic mass is 35.5. The number of benzene rings is 2. The van der Waals surface area contributed by atoms with Crippen LogP contribution in [-0.4, -0.2) is 37.5 Å². The molecule has 0 aliphatic carbocycles. The van der Waals surface area contributed by atoms with Crippen LogP contribution in [0.5, 0.6) is 17.2 Å². The van der Waals surface area contributed by atoms with E-state index in [0.29, 0.717) is 32.4 Å². The van der Waals surface area contributed by atoms with Gasteiger partial charge in [0.2, 0.25) is 0 Å². The molecule has 8 nitrogen and oxygen atoms in total. The normalized spacial score (nSPS) is 15.3. The van der Waals surface area contributed by atoms with Crippen molar-refractivity contribution in [3.63, 3.8) is 0 Å². The number of carbonyl (C=O) groups excluding carboxylic acids is 1. The van der Waals surface area contributed by atoms with Crippen molar-refractivity contribution in [2.24, 2.45) is 4.99 Å². The second-order valence-electron chi connectivity index (χ2n) is 8.71. The number of nitrogens with zero attached hydrogens (tertiary/aromatic N) is 2. The number of alkyl halides is 2. The van der Waals surface area contributed by atoms with Crippen molar-refractivity contribution in [3.8, 4) is 17.2 Å². The predicted molar refractivity (Wildman–Crippen MR) is 143 cm³/mol. The molecule has 0 saturated carbocycles. The first kappa shape index (κ1) is 28.3. The van der Waals surface area contributed by atoms with Gasteiger partial charge in [0.15, 0.2) is 16.3 Å². The maximum Gasteiger partial charge on any atom is 0.387 e. The second kappa shape index (κ2) is 11.6. The molecule has 206 valence electrons. The van der Waals surface area contributed by atoms with Gasteiger partial charge in [0, 0.05) is 10.6 Å². The van der Waals surface area contributed by atoms with E-state index < -0.39 is 30.3 Å². The molecule has 0 N–H and O–H groups in total. The molecule has 12 heteroatoms. The third-order valence-electron chi connectivity index (χ3n) is 5.77. The highest BCUT2D eigenvalue weighted by molar-refractivity contribution is 7.07. The number of ether oxygens (including phenoxy) is 4. The first-order chi connectivity index (χ1) is 18.5. The van der Waals surface area contributed by atoms with Crippen LogP contribution in [0.25, 0.3) is 6.08 Å². The average molecular weight is 579 g/mol. The summed E-state index contributed by atoms with van der Waals surface area (Å²) in [6.45, 7) is 2.11. The average Bonchev–Trinajstić information content (AvgIpc) is 3.17. The largest absolute Gasteiger partial charge is 0.496 e. The van der Waals surface area contributed by atoms with Gasteiger partial charge in [-0.25, -0.2) is 9.79 Å². The molecule has 4 rings (SSSR count). The van der Waals surface area contributed by atoms with Crippen molar-refractivity contribution < 1.29 is 32.5 Å². The maximum absolute atomic E-state index is 13.8. The number of thiazole rings is 1. The molecule has 0 radical (unpaired) electrons. The van der Waals surface area contributed by atoms with Crippen LogP contribution in [0.4, 0.5) is 8.78 Å². The molecule has 0 bridgehead atoms. The Labute approximate surface area is 231 Å². The number of hydrogen-bond donors (Lipinski definition) is 0. The molecule has 3 aromatic rings. The van der Waals surface area contributed by atoms with Crippen LogP contribution in [0.1, 0.15) is 37.9 Å². The van der Waals surface area contributed by atoms with Crippen LogP contribution in [0, 0.1) is 0 Å². The van der Waals surface area contributed by atoms with Crippen molar-refractivity contribution >= 4 is 35.0 Å². The Morgan fingerprint density at radius 3 is 2.44 bits per heavy atom. The predicted octanol–water partition coefficient (Wildman–Crippen LogP) is 4.46. The number of hydrogen-bond acceptors (Lipinski definition) is 8. The molecule has 1 atom stereocenters. The summed E-state index contributed by atoms with van der Waals surface area (Å²) >= 11 is 7.43. The number of methoxy groups -OCH3 is 2. The lowest BCUT2D eigenvalue weighted by Gasteiger charge is -2.26. The fraction of sp³-hybridized carbons (Fsp3) is 0.296. The van der Waals surface area contributed by atoms with E-state index >= 15 is 0 Å². The van der Waals surface area contributed by atoms with Gasteiger partial charge in [-0.15, -0.1) is 0 Å². The number of allylic oxidation sites excluding steroid dienone is 1. The number of halogens is 3. The van der Waals surface area contributed by atoms with Crippen LogP contribution in [0.15, 0.2) is 57.5 Å². The Morgan fingerprint density at radius 2 is 1.79 bits per heavy atom. The molecule has 2 aromatic carbocycles. The molecule has 1 aliphatic rings. The van der Waals surface area contributed by atoms with Crippen molar-refractivity contribution in [2.45, 2.75) is 39.5 Å². The zero-order valence-electron chi connectivity index (χ0n) is 21.7. The van der Waals surface area contributed by atoms with Gasteiger partial charge in [-0.05, 0) is 62.7 Å². The van der Waals surface area contributed by atoms with Gasteiger partial charge in [-0.3, -0.25) is 9.36 Å². The Morgan fingerprint density at radius 1 is 1.10 bits per heavy atom. The monoisotopic (exact) mass is 578 g/mol. The van der Waals surface area contributed by atoms with Gasteiger partial charge in [-0.2, -0.15) is 8.78 Å². The van der Waals surface area contributed by atoms with Gasteiger partial charge in [0.05, 0.1) is 36.1 Å². The van der Waals surface area contributed by atoms with Crippen molar-refractivity contribution in [2.75, 3.05) is 14.2 Å². The third-order valence-corrected chi connectivity index (χ3v) is 6.99. The molecule has 0 amide bonds. The Bertz CT molecular complexity index is 1630. The van der Waals surface area contributed by atoms with Crippen molar-refractivity contribution in [1.82, 2.24) is 4.57 Å². The van der Waals surface area contributed by atoms with E-state index in [9.17, 15) is 18.4 Å². The summed E-state index contributed by atoms with van der Waals surface area (Å²) < 4.78 is 47.8. The molecule has 39 heavy (non-hydrogen) atoms. The molecule has 1 aliphatic heterocycles. The van der Waals surface area contributed by atoms with Crippen LogP contribution < -0.4 is 29.1 Å². The number of carbonyl (C=O) groups is 1. The van der Waals surface area contributed by atoms with Crippen molar-refractivity contribution in [3.05, 3.63) is 83.5 Å². The maximum atomic E-state index is 13.8. The van der Waals surface area contributed by atoms with Gasteiger partial charge < -0.3 is 18.9 Å². The van der Waals surface area contributed by atoms with E-state index in [0.717, 1.165) is 11.3 Å². The molecule has 0 saturated heterocycles. The molecule has 0 fully saturated rings. The van der Waals surface area contributed by atoms with Crippen molar-refractivity contribution in [1.29, 1.82) is 0 Å². The molecular formula is C27H25ClF2N2O6S. The van der Waals surface area contributed by atoms with Crippen LogP contribution in [0.2, 0.25) is 5.02 Å². The molecular weight excluding hydrogens is 554 g/mol. The first-order valence-corrected chi connectivity index (χ1v) is 12.9. The summed E-state index contributed by atoms with van der Waals surface area (Å²) in [7, 11) is 2.80. The van der Waals surface area contributed by atoms with E-state index in [1.807, 2.05) is 0 Å². The summed E-state index contributed by atoms with van der Waals surface area (Å²) in [6.07, 6.45) is 1.17. The summed E-state index contributed by atoms with van der Waals surface area (Å²) in [5.74, 6) is -0.259. The van der Waals surface area contributed by atoms with Gasteiger partial charge in [-0.1, -0.05) is 29.0 Å². The lowest BCUT2D eigenvalue weighted by atomic mass is 9.95. The Balaban J connectivity index is 1.94. The standard InChI is InChI=1S/C27H25ClF2N2O6S/c1-13(2)37-25(34)22-14(3)31-27-32(23(22)17-12-16(28)7-9-18(17)35-4)24(33)21(39-27)11-15-6-8-19(38-26(29)30)20(10-15)36-5/h6-13,23,26H,1-5H3/b21-11-/t23-/m1/s1. The van der Waals surface area contributed by atoms with E-state index in [-0.39, 0.29) is 21.6 Å². The highest BCUT2D eigenvalue weighted by Crippen LogP contribution is 2.37. The van der Waals surface area contributed by atoms with Crippen LogP contribution in [-0.2, 0) is 9.53 Å². The van der Waals surface area contributed by atoms with Gasteiger partial charge >= 0.3 is 12.6 Å². The zero-order valence-corrected chi connectivity index (χ0v) is 23.2.